The van der Waals surface area contributed by atoms with Gasteiger partial charge in [-0.15, -0.1) is 0 Å². The van der Waals surface area contributed by atoms with Crippen LogP contribution in [0, 0.1) is 11.6 Å². The van der Waals surface area contributed by atoms with Gasteiger partial charge in [-0.1, -0.05) is 13.0 Å². The van der Waals surface area contributed by atoms with Gasteiger partial charge in [-0.25, -0.2) is 13.8 Å². The number of benzene rings is 1. The first-order chi connectivity index (χ1) is 9.10. The summed E-state index contributed by atoms with van der Waals surface area (Å²) in [5.74, 6) is -1.63. The molecule has 5 heteroatoms. The summed E-state index contributed by atoms with van der Waals surface area (Å²) in [4.78, 5) is 4.30. The SMILES string of the molecule is CCNC(Cc1ccc(F)c(F)c1)c1cn(C)cn1. The van der Waals surface area contributed by atoms with Crippen molar-refractivity contribution in [1.82, 2.24) is 14.9 Å². The van der Waals surface area contributed by atoms with Crippen LogP contribution < -0.4 is 5.32 Å². The highest BCUT2D eigenvalue weighted by Gasteiger charge is 2.14. The number of halogens is 2. The van der Waals surface area contributed by atoms with Crippen LogP contribution in [0.4, 0.5) is 8.78 Å². The van der Waals surface area contributed by atoms with Crippen molar-refractivity contribution in [3.05, 3.63) is 53.6 Å². The fraction of sp³-hybridized carbons (Fsp3) is 0.357. The number of aryl methyl sites for hydroxylation is 1. The lowest BCUT2D eigenvalue weighted by Gasteiger charge is -2.16. The van der Waals surface area contributed by atoms with Gasteiger partial charge < -0.3 is 9.88 Å². The van der Waals surface area contributed by atoms with Crippen LogP contribution in [0.2, 0.25) is 0 Å². The quantitative estimate of drug-likeness (QED) is 0.900. The monoisotopic (exact) mass is 265 g/mol. The van der Waals surface area contributed by atoms with Crippen LogP contribution in [0.3, 0.4) is 0 Å². The molecule has 1 N–H and O–H groups in total. The van der Waals surface area contributed by atoms with Gasteiger partial charge >= 0.3 is 0 Å². The Kier molecular flexibility index (Phi) is 4.27. The fourth-order valence-corrected chi connectivity index (χ4v) is 2.04. The zero-order chi connectivity index (χ0) is 13.8. The molecule has 102 valence electrons. The van der Waals surface area contributed by atoms with E-state index in [1.165, 1.54) is 6.07 Å². The highest BCUT2D eigenvalue weighted by molar-refractivity contribution is 5.20. The van der Waals surface area contributed by atoms with E-state index in [9.17, 15) is 8.78 Å². The summed E-state index contributed by atoms with van der Waals surface area (Å²) < 4.78 is 28.0. The summed E-state index contributed by atoms with van der Waals surface area (Å²) >= 11 is 0. The third-order valence-corrected chi connectivity index (χ3v) is 2.96. The van der Waals surface area contributed by atoms with Crippen molar-refractivity contribution in [3.8, 4) is 0 Å². The van der Waals surface area contributed by atoms with Gasteiger partial charge in [0.2, 0.25) is 0 Å². The molecule has 0 fully saturated rings. The lowest BCUT2D eigenvalue weighted by Crippen LogP contribution is -2.23. The van der Waals surface area contributed by atoms with E-state index in [1.54, 1.807) is 12.4 Å². The number of rotatable bonds is 5. The van der Waals surface area contributed by atoms with E-state index in [0.717, 1.165) is 23.9 Å². The Morgan fingerprint density at radius 2 is 2.11 bits per heavy atom. The number of nitrogens with one attached hydrogen (secondary N) is 1. The third kappa shape index (κ3) is 3.38. The van der Waals surface area contributed by atoms with Gasteiger partial charge in [0, 0.05) is 13.2 Å². The van der Waals surface area contributed by atoms with Gasteiger partial charge in [0.25, 0.3) is 0 Å². The highest BCUT2D eigenvalue weighted by Crippen LogP contribution is 2.18. The molecule has 1 unspecified atom stereocenters. The van der Waals surface area contributed by atoms with E-state index < -0.39 is 11.6 Å². The van der Waals surface area contributed by atoms with Crippen molar-refractivity contribution in [1.29, 1.82) is 0 Å². The lowest BCUT2D eigenvalue weighted by molar-refractivity contribution is 0.501. The number of hydrogen-bond donors (Lipinski definition) is 1. The summed E-state index contributed by atoms with van der Waals surface area (Å²) in [7, 11) is 1.90. The topological polar surface area (TPSA) is 29.9 Å². The second-order valence-electron chi connectivity index (χ2n) is 4.53. The summed E-state index contributed by atoms with van der Waals surface area (Å²) in [6.45, 7) is 2.78. The molecule has 19 heavy (non-hydrogen) atoms. The molecule has 0 spiro atoms. The van der Waals surface area contributed by atoms with Crippen LogP contribution in [0.5, 0.6) is 0 Å². The van der Waals surface area contributed by atoms with Crippen molar-refractivity contribution >= 4 is 0 Å². The van der Waals surface area contributed by atoms with Gasteiger partial charge in [-0.05, 0) is 30.7 Å². The molecule has 2 rings (SSSR count). The van der Waals surface area contributed by atoms with Crippen LogP contribution in [-0.4, -0.2) is 16.1 Å². The van der Waals surface area contributed by atoms with Gasteiger partial charge in [-0.2, -0.15) is 0 Å². The van der Waals surface area contributed by atoms with E-state index in [0.29, 0.717) is 6.42 Å². The van der Waals surface area contributed by atoms with Crippen molar-refractivity contribution < 1.29 is 8.78 Å². The smallest absolute Gasteiger partial charge is 0.159 e. The average molecular weight is 265 g/mol. The minimum absolute atomic E-state index is 0.00365. The molecular formula is C14H17F2N3. The molecule has 0 saturated carbocycles. The Hall–Kier alpha value is -1.75. The number of nitrogens with zero attached hydrogens (tertiary/aromatic N) is 2. The molecule has 1 atom stereocenters. The van der Waals surface area contributed by atoms with E-state index in [2.05, 4.69) is 10.3 Å². The molecule has 3 nitrogen and oxygen atoms in total. The molecule has 0 aliphatic rings. The Labute approximate surface area is 111 Å². The molecule has 2 aromatic rings. The average Bonchev–Trinajstić information content (AvgIpc) is 2.80. The maximum absolute atomic E-state index is 13.2. The lowest BCUT2D eigenvalue weighted by atomic mass is 10.0. The molecule has 0 aliphatic carbocycles. The first-order valence-electron chi connectivity index (χ1n) is 6.25. The predicted molar refractivity (Wildman–Crippen MR) is 69.7 cm³/mol. The van der Waals surface area contributed by atoms with Gasteiger partial charge in [0.05, 0.1) is 18.1 Å². The molecule has 0 radical (unpaired) electrons. The molecule has 1 aromatic carbocycles. The van der Waals surface area contributed by atoms with Crippen LogP contribution in [0.1, 0.15) is 24.2 Å². The van der Waals surface area contributed by atoms with Gasteiger partial charge in [-0.3, -0.25) is 0 Å². The first-order valence-corrected chi connectivity index (χ1v) is 6.25. The summed E-state index contributed by atoms with van der Waals surface area (Å²) in [5, 5.41) is 3.30. The molecular weight excluding hydrogens is 248 g/mol. The summed E-state index contributed by atoms with van der Waals surface area (Å²) in [5.41, 5.74) is 1.64. The van der Waals surface area contributed by atoms with E-state index in [1.807, 2.05) is 24.7 Å². The normalized spacial score (nSPS) is 12.6. The minimum atomic E-state index is -0.818. The van der Waals surface area contributed by atoms with Crippen molar-refractivity contribution in [3.63, 3.8) is 0 Å². The van der Waals surface area contributed by atoms with Crippen LogP contribution in [-0.2, 0) is 13.5 Å². The highest BCUT2D eigenvalue weighted by atomic mass is 19.2. The van der Waals surface area contributed by atoms with Gasteiger partial charge in [0.15, 0.2) is 11.6 Å². The maximum Gasteiger partial charge on any atom is 0.159 e. The van der Waals surface area contributed by atoms with Crippen molar-refractivity contribution in [2.75, 3.05) is 6.54 Å². The van der Waals surface area contributed by atoms with Crippen molar-refractivity contribution in [2.24, 2.45) is 7.05 Å². The number of aromatic nitrogens is 2. The second-order valence-corrected chi connectivity index (χ2v) is 4.53. The first kappa shape index (κ1) is 13.7. The Balaban J connectivity index is 2.18. The molecule has 0 saturated heterocycles. The van der Waals surface area contributed by atoms with Gasteiger partial charge in [0.1, 0.15) is 0 Å². The van der Waals surface area contributed by atoms with E-state index in [4.69, 9.17) is 0 Å². The zero-order valence-electron chi connectivity index (χ0n) is 11.0. The maximum atomic E-state index is 13.2. The van der Waals surface area contributed by atoms with Crippen LogP contribution >= 0.6 is 0 Å². The summed E-state index contributed by atoms with van der Waals surface area (Å²) in [6.07, 6.45) is 4.22. The fourth-order valence-electron chi connectivity index (χ4n) is 2.04. The third-order valence-electron chi connectivity index (χ3n) is 2.96. The minimum Gasteiger partial charge on any atom is -0.340 e. The molecule has 0 aliphatic heterocycles. The zero-order valence-corrected chi connectivity index (χ0v) is 11.0. The van der Waals surface area contributed by atoms with Crippen molar-refractivity contribution in [2.45, 2.75) is 19.4 Å². The number of hydrogen-bond acceptors (Lipinski definition) is 2. The second kappa shape index (κ2) is 5.93. The predicted octanol–water partition coefficient (Wildman–Crippen LogP) is 2.59. The van der Waals surface area contributed by atoms with Crippen LogP contribution in [0.15, 0.2) is 30.7 Å². The number of imidazole rings is 1. The molecule has 0 amide bonds. The molecule has 0 bridgehead atoms. The summed E-state index contributed by atoms with van der Waals surface area (Å²) in [6, 6.07) is 4.00. The molecule has 1 heterocycles. The van der Waals surface area contributed by atoms with Crippen LogP contribution in [0.25, 0.3) is 0 Å². The van der Waals surface area contributed by atoms with E-state index >= 15 is 0 Å². The number of likely N-dealkylation sites (N-methyl/N-ethyl adjacent to an activating group) is 1. The Morgan fingerprint density at radius 3 is 2.68 bits per heavy atom. The van der Waals surface area contributed by atoms with E-state index in [-0.39, 0.29) is 6.04 Å². The Bertz CT molecular complexity index is 551. The largest absolute Gasteiger partial charge is 0.340 e. The Morgan fingerprint density at radius 1 is 1.32 bits per heavy atom. The standard InChI is InChI=1S/C14H17F2N3/c1-3-17-13(14-8-19(2)9-18-14)7-10-4-5-11(15)12(16)6-10/h4-6,8-9,13,17H,3,7H2,1-2H3. The molecule has 1 aromatic heterocycles.